The van der Waals surface area contributed by atoms with Crippen LogP contribution >= 0.6 is 37.2 Å². The smallest absolute Gasteiger partial charge is 0.358 e. The van der Waals surface area contributed by atoms with Crippen LogP contribution in [0.2, 0.25) is 0 Å². The zero-order chi connectivity index (χ0) is 3.54. The van der Waals surface area contributed by atoms with Gasteiger partial charge in [-0.05, 0) is 0 Å². The molecule has 0 saturated heterocycles. The van der Waals surface area contributed by atoms with Gasteiger partial charge in [-0.3, -0.25) is 6.08 Å². The average Bonchev–Trinajstić information content (AvgIpc) is 1.76. The van der Waals surface area contributed by atoms with Crippen molar-refractivity contribution in [2.24, 2.45) is 0 Å². The van der Waals surface area contributed by atoms with E-state index in [1.54, 1.807) is 0 Å². The van der Waals surface area contributed by atoms with E-state index in [0.717, 1.165) is 6.42 Å². The summed E-state index contributed by atoms with van der Waals surface area (Å²) in [6.07, 6.45) is 10.0. The number of hydrogen-bond donors (Lipinski definition) is 0. The molecule has 0 bridgehead atoms. The molecule has 0 aliphatic heterocycles. The number of allylic oxidation sites excluding steroid dienone is 4. The minimum atomic E-state index is 0. The van der Waals surface area contributed by atoms with Crippen molar-refractivity contribution in [2.75, 3.05) is 0 Å². The quantitative estimate of drug-likeness (QED) is 0.571. The average molecular weight is 240 g/mol. The van der Waals surface area contributed by atoms with Crippen molar-refractivity contribution in [2.45, 2.75) is 6.42 Å². The van der Waals surface area contributed by atoms with Crippen LogP contribution in [0.5, 0.6) is 0 Å². The zero-order valence-electron chi connectivity index (χ0n) is 5.61. The second kappa shape index (κ2) is 22.5. The molecule has 0 unspecified atom stereocenters. The first-order valence-electron chi connectivity index (χ1n) is 1.72. The summed E-state index contributed by atoms with van der Waals surface area (Å²) >= 11 is 0. The van der Waals surface area contributed by atoms with E-state index in [2.05, 4.69) is 12.2 Å². The van der Waals surface area contributed by atoms with Gasteiger partial charge < -0.3 is 7.43 Å². The van der Waals surface area contributed by atoms with Gasteiger partial charge in [0.05, 0.1) is 0 Å². The third-order valence-electron chi connectivity index (χ3n) is 0.586. The Balaban J connectivity index is -0.0000000167. The Morgan fingerprint density at radius 3 is 1.70 bits per heavy atom. The maximum Gasteiger partial charge on any atom is 2.00 e. The van der Waals surface area contributed by atoms with Crippen molar-refractivity contribution in [1.82, 2.24) is 0 Å². The molecule has 1 aliphatic carbocycles. The predicted octanol–water partition coefficient (Wildman–Crippen LogP) is 3.02. The maximum absolute atomic E-state index is 2.99. The van der Waals surface area contributed by atoms with Crippen LogP contribution in [0, 0.1) is 13.5 Å². The van der Waals surface area contributed by atoms with E-state index in [9.17, 15) is 0 Å². The molecular weight excluding hydrogens is 229 g/mol. The van der Waals surface area contributed by atoms with Crippen molar-refractivity contribution >= 4 is 37.2 Å². The summed E-state index contributed by atoms with van der Waals surface area (Å²) in [5.74, 6) is 0. The van der Waals surface area contributed by atoms with E-state index in [0.29, 0.717) is 0 Å². The first kappa shape index (κ1) is 30.6. The molecule has 0 nitrogen and oxygen atoms in total. The fraction of sp³-hybridized carbons (Fsp3) is 0.167. The maximum atomic E-state index is 2.99. The predicted molar refractivity (Wildman–Crippen MR) is 49.7 cm³/mol. The Labute approximate surface area is 93.7 Å². The fourth-order valence-corrected chi connectivity index (χ4v) is 0.340. The molecule has 0 aromatic carbocycles. The molecule has 0 atom stereocenters. The van der Waals surface area contributed by atoms with Gasteiger partial charge in [-0.2, -0.15) is 6.08 Å². The molecule has 4 heteroatoms. The minimum Gasteiger partial charge on any atom is -0.358 e. The molecule has 0 fully saturated rings. The third-order valence-corrected chi connectivity index (χ3v) is 0.586. The zero-order valence-corrected chi connectivity index (χ0v) is 9.46. The van der Waals surface area contributed by atoms with Gasteiger partial charge in [-0.1, -0.05) is 0 Å². The van der Waals surface area contributed by atoms with Crippen molar-refractivity contribution < 1.29 is 18.6 Å². The van der Waals surface area contributed by atoms with Crippen LogP contribution in [0.1, 0.15) is 6.42 Å². The van der Waals surface area contributed by atoms with Gasteiger partial charge in [0.25, 0.3) is 0 Å². The molecule has 0 N–H and O–H groups in total. The van der Waals surface area contributed by atoms with Crippen molar-refractivity contribution in [3.8, 4) is 0 Å². The second-order valence-corrected chi connectivity index (χ2v) is 1.00. The minimum absolute atomic E-state index is 0. The van der Waals surface area contributed by atoms with Crippen LogP contribution in [0.15, 0.2) is 18.2 Å². The summed E-state index contributed by atoms with van der Waals surface area (Å²) < 4.78 is 0. The molecule has 10 heavy (non-hydrogen) atoms. The van der Waals surface area contributed by atoms with Crippen LogP contribution in [-0.2, 0) is 18.6 Å². The molecule has 1 aliphatic rings. The van der Waals surface area contributed by atoms with Gasteiger partial charge in [-0.25, -0.2) is 12.2 Å². The molecule has 0 saturated carbocycles. The first-order valence-corrected chi connectivity index (χ1v) is 1.72. The van der Waals surface area contributed by atoms with Crippen LogP contribution < -0.4 is 0 Å². The van der Waals surface area contributed by atoms with E-state index in [-0.39, 0.29) is 63.2 Å². The Morgan fingerprint density at radius 2 is 1.60 bits per heavy atom. The summed E-state index contributed by atoms with van der Waals surface area (Å²) in [6, 6.07) is 0. The standard InChI is InChI=1S/C5H5.CH3.3ClH.V/c1-2-4-5-3-1;;;;;/h1-3H,4H2;1H3;3*1H;/q2*-1;;;;+2. The monoisotopic (exact) mass is 239 g/mol. The van der Waals surface area contributed by atoms with Gasteiger partial charge in [0.2, 0.25) is 0 Å². The van der Waals surface area contributed by atoms with Crippen LogP contribution in [0.25, 0.3) is 0 Å². The normalized spacial score (nSPS) is 8.80. The molecule has 0 amide bonds. The van der Waals surface area contributed by atoms with Gasteiger partial charge in [0.1, 0.15) is 0 Å². The summed E-state index contributed by atoms with van der Waals surface area (Å²) in [4.78, 5) is 0. The number of hydrogen-bond acceptors (Lipinski definition) is 0. The third kappa shape index (κ3) is 16.0. The van der Waals surface area contributed by atoms with Crippen molar-refractivity contribution in [3.63, 3.8) is 0 Å². The first-order chi connectivity index (χ1) is 2.50. The summed E-state index contributed by atoms with van der Waals surface area (Å²) in [5, 5.41) is 0. The van der Waals surface area contributed by atoms with Crippen LogP contribution in [-0.4, -0.2) is 0 Å². The largest absolute Gasteiger partial charge is 2.00 e. The second-order valence-electron chi connectivity index (χ2n) is 1.00. The SMILES string of the molecule is Cl.Cl.Cl.[C-]1=CC=CC1.[CH3-].[V+2]. The Kier molecular flexibility index (Phi) is 69.0. The Morgan fingerprint density at radius 1 is 1.10 bits per heavy atom. The number of halogens is 3. The molecule has 0 aromatic rings. The molecule has 0 aromatic heterocycles. The molecule has 1 radical (unpaired) electrons. The van der Waals surface area contributed by atoms with E-state index < -0.39 is 0 Å². The molecule has 1 rings (SSSR count). The van der Waals surface area contributed by atoms with Crippen molar-refractivity contribution in [1.29, 1.82) is 0 Å². The molecular formula is C6H11Cl3V. The Bertz CT molecular complexity index is 71.1. The summed E-state index contributed by atoms with van der Waals surface area (Å²) in [6.45, 7) is 0. The van der Waals surface area contributed by atoms with E-state index in [1.807, 2.05) is 12.2 Å². The number of rotatable bonds is 0. The van der Waals surface area contributed by atoms with E-state index in [4.69, 9.17) is 0 Å². The fourth-order valence-electron chi connectivity index (χ4n) is 0.340. The van der Waals surface area contributed by atoms with E-state index >= 15 is 0 Å². The molecule has 0 heterocycles. The molecule has 61 valence electrons. The summed E-state index contributed by atoms with van der Waals surface area (Å²) in [5.41, 5.74) is 0. The van der Waals surface area contributed by atoms with Gasteiger partial charge in [-0.15, -0.1) is 43.6 Å². The van der Waals surface area contributed by atoms with Crippen LogP contribution in [0.3, 0.4) is 0 Å². The van der Waals surface area contributed by atoms with E-state index in [1.165, 1.54) is 0 Å². The Hall–Kier alpha value is 0.934. The van der Waals surface area contributed by atoms with Gasteiger partial charge in [0.15, 0.2) is 0 Å². The topological polar surface area (TPSA) is 0 Å². The van der Waals surface area contributed by atoms with Gasteiger partial charge >= 0.3 is 18.6 Å². The molecule has 0 spiro atoms. The summed E-state index contributed by atoms with van der Waals surface area (Å²) in [7, 11) is 0. The van der Waals surface area contributed by atoms with Gasteiger partial charge in [0, 0.05) is 0 Å². The van der Waals surface area contributed by atoms with Crippen molar-refractivity contribution in [3.05, 3.63) is 31.7 Å². The van der Waals surface area contributed by atoms with Crippen LogP contribution in [0.4, 0.5) is 0 Å².